The first-order valence-electron chi connectivity index (χ1n) is 6.65. The summed E-state index contributed by atoms with van der Waals surface area (Å²) in [6, 6.07) is 4.19. The third-order valence-electron chi connectivity index (χ3n) is 3.09. The van der Waals surface area contributed by atoms with Gasteiger partial charge in [-0.15, -0.1) is 0 Å². The minimum atomic E-state index is 0.156. The molecule has 2 aromatic rings. The number of hydrogen-bond acceptors (Lipinski definition) is 4. The first kappa shape index (κ1) is 12.0. The van der Waals surface area contributed by atoms with Crippen LogP contribution in [0.15, 0.2) is 24.5 Å². The number of hydrogen-bond donors (Lipinski definition) is 2. The molecule has 0 aromatic carbocycles. The summed E-state index contributed by atoms with van der Waals surface area (Å²) in [6.45, 7) is 0.745. The van der Waals surface area contributed by atoms with Crippen LogP contribution < -0.4 is 10.6 Å². The van der Waals surface area contributed by atoms with Crippen LogP contribution in [0, 0.1) is 0 Å². The molecule has 0 bridgehead atoms. The maximum atomic E-state index is 11.5. The van der Waals surface area contributed by atoms with Gasteiger partial charge in [0.15, 0.2) is 5.65 Å². The molecule has 19 heavy (non-hydrogen) atoms. The molecular formula is C13H17N5O. The van der Waals surface area contributed by atoms with Crippen molar-refractivity contribution < 1.29 is 4.79 Å². The second kappa shape index (κ2) is 5.26. The molecule has 2 aromatic heterocycles. The van der Waals surface area contributed by atoms with Gasteiger partial charge in [-0.3, -0.25) is 4.79 Å². The molecule has 1 aliphatic rings. The molecule has 1 fully saturated rings. The van der Waals surface area contributed by atoms with Crippen LogP contribution in [-0.2, 0) is 4.79 Å². The molecule has 3 rings (SSSR count). The molecule has 1 saturated carbocycles. The average Bonchev–Trinajstić information content (AvgIpc) is 3.09. The largest absolute Gasteiger partial charge is 0.370 e. The quantitative estimate of drug-likeness (QED) is 0.765. The van der Waals surface area contributed by atoms with Gasteiger partial charge >= 0.3 is 0 Å². The Kier molecular flexibility index (Phi) is 3.31. The third kappa shape index (κ3) is 3.21. The van der Waals surface area contributed by atoms with Crippen molar-refractivity contribution in [2.45, 2.75) is 31.7 Å². The van der Waals surface area contributed by atoms with E-state index in [9.17, 15) is 4.79 Å². The Morgan fingerprint density at radius 1 is 1.42 bits per heavy atom. The molecule has 0 unspecified atom stereocenters. The van der Waals surface area contributed by atoms with Crippen molar-refractivity contribution >= 4 is 17.4 Å². The second-order valence-corrected chi connectivity index (χ2v) is 4.82. The summed E-state index contributed by atoms with van der Waals surface area (Å²) in [5, 5.41) is 10.3. The Bertz CT molecular complexity index is 575. The minimum Gasteiger partial charge on any atom is -0.370 e. The van der Waals surface area contributed by atoms with Gasteiger partial charge in [0, 0.05) is 31.3 Å². The third-order valence-corrected chi connectivity index (χ3v) is 3.09. The van der Waals surface area contributed by atoms with E-state index in [0.717, 1.165) is 37.3 Å². The second-order valence-electron chi connectivity index (χ2n) is 4.82. The number of anilines is 1. The number of fused-ring (bicyclic) bond motifs is 1. The fraction of sp³-hybridized carbons (Fsp3) is 0.462. The topological polar surface area (TPSA) is 71.3 Å². The number of rotatable bonds is 6. The van der Waals surface area contributed by atoms with E-state index < -0.39 is 0 Å². The summed E-state index contributed by atoms with van der Waals surface area (Å²) in [4.78, 5) is 15.9. The first-order chi connectivity index (χ1) is 9.31. The first-order valence-corrected chi connectivity index (χ1v) is 6.65. The van der Waals surface area contributed by atoms with Crippen LogP contribution in [0.5, 0.6) is 0 Å². The van der Waals surface area contributed by atoms with Crippen LogP contribution in [0.1, 0.15) is 25.7 Å². The normalized spacial score (nSPS) is 14.5. The summed E-state index contributed by atoms with van der Waals surface area (Å²) in [5.41, 5.74) is 0.816. The molecule has 6 nitrogen and oxygen atoms in total. The summed E-state index contributed by atoms with van der Waals surface area (Å²) in [6.07, 6.45) is 7.24. The van der Waals surface area contributed by atoms with Crippen LogP contribution in [0.4, 0.5) is 5.82 Å². The number of nitrogens with zero attached hydrogens (tertiary/aromatic N) is 3. The Balaban J connectivity index is 1.42. The minimum absolute atomic E-state index is 0.156. The lowest BCUT2D eigenvalue weighted by molar-refractivity contribution is -0.121. The molecule has 0 saturated heterocycles. The van der Waals surface area contributed by atoms with Gasteiger partial charge in [-0.05, 0) is 25.3 Å². The fourth-order valence-corrected chi connectivity index (χ4v) is 1.90. The summed E-state index contributed by atoms with van der Waals surface area (Å²) >= 11 is 0. The van der Waals surface area contributed by atoms with Crippen molar-refractivity contribution in [3.63, 3.8) is 0 Å². The Labute approximate surface area is 111 Å². The van der Waals surface area contributed by atoms with Crippen molar-refractivity contribution in [1.82, 2.24) is 19.9 Å². The SMILES string of the molecule is O=C(CCCNc1ccn2nccc2n1)NC1CC1. The molecule has 1 aliphatic carbocycles. The van der Waals surface area contributed by atoms with E-state index in [-0.39, 0.29) is 5.91 Å². The monoisotopic (exact) mass is 259 g/mol. The Morgan fingerprint density at radius 2 is 2.32 bits per heavy atom. The van der Waals surface area contributed by atoms with Crippen LogP contribution in [0.2, 0.25) is 0 Å². The molecule has 0 atom stereocenters. The molecule has 0 radical (unpaired) electrons. The molecule has 0 spiro atoms. The van der Waals surface area contributed by atoms with E-state index in [1.54, 1.807) is 10.7 Å². The van der Waals surface area contributed by atoms with Gasteiger partial charge in [-0.25, -0.2) is 9.50 Å². The Morgan fingerprint density at radius 3 is 3.16 bits per heavy atom. The number of nitrogens with one attached hydrogen (secondary N) is 2. The lowest BCUT2D eigenvalue weighted by atomic mass is 10.3. The number of carbonyl (C=O) groups is 1. The molecule has 1 amide bonds. The van der Waals surface area contributed by atoms with Gasteiger partial charge in [0.2, 0.25) is 5.91 Å². The highest BCUT2D eigenvalue weighted by Gasteiger charge is 2.22. The van der Waals surface area contributed by atoms with E-state index in [0.29, 0.717) is 12.5 Å². The smallest absolute Gasteiger partial charge is 0.220 e. The standard InChI is InChI=1S/C13H17N5O/c19-13(16-10-3-4-10)2-1-7-14-11-6-9-18-12(17-11)5-8-15-18/h5-6,8-10H,1-4,7H2,(H,14,17)(H,16,19). The van der Waals surface area contributed by atoms with Gasteiger partial charge in [0.05, 0.1) is 6.20 Å². The highest BCUT2D eigenvalue weighted by molar-refractivity contribution is 5.76. The summed E-state index contributed by atoms with van der Waals surface area (Å²) < 4.78 is 1.72. The van der Waals surface area contributed by atoms with E-state index in [2.05, 4.69) is 20.7 Å². The van der Waals surface area contributed by atoms with Gasteiger partial charge in [-0.2, -0.15) is 5.10 Å². The summed E-state index contributed by atoms with van der Waals surface area (Å²) in [5.74, 6) is 0.971. The highest BCUT2D eigenvalue weighted by atomic mass is 16.1. The average molecular weight is 259 g/mol. The van der Waals surface area contributed by atoms with Crippen molar-refractivity contribution in [1.29, 1.82) is 0 Å². The van der Waals surface area contributed by atoms with Gasteiger partial charge < -0.3 is 10.6 Å². The van der Waals surface area contributed by atoms with Gasteiger partial charge in [0.25, 0.3) is 0 Å². The molecule has 6 heteroatoms. The lowest BCUT2D eigenvalue weighted by Crippen LogP contribution is -2.25. The van der Waals surface area contributed by atoms with Gasteiger partial charge in [-0.1, -0.05) is 0 Å². The number of aromatic nitrogens is 3. The van der Waals surface area contributed by atoms with Gasteiger partial charge in [0.1, 0.15) is 5.82 Å². The number of amides is 1. The zero-order valence-electron chi connectivity index (χ0n) is 10.7. The highest BCUT2D eigenvalue weighted by Crippen LogP contribution is 2.18. The van der Waals surface area contributed by atoms with E-state index in [1.807, 2.05) is 18.3 Å². The number of carbonyl (C=O) groups excluding carboxylic acids is 1. The van der Waals surface area contributed by atoms with Crippen LogP contribution >= 0.6 is 0 Å². The summed E-state index contributed by atoms with van der Waals surface area (Å²) in [7, 11) is 0. The maximum absolute atomic E-state index is 11.5. The van der Waals surface area contributed by atoms with Crippen molar-refractivity contribution in [3.05, 3.63) is 24.5 Å². The van der Waals surface area contributed by atoms with Crippen molar-refractivity contribution in [2.75, 3.05) is 11.9 Å². The molecule has 100 valence electrons. The van der Waals surface area contributed by atoms with Crippen molar-refractivity contribution in [2.24, 2.45) is 0 Å². The zero-order valence-corrected chi connectivity index (χ0v) is 10.7. The van der Waals surface area contributed by atoms with E-state index in [4.69, 9.17) is 0 Å². The van der Waals surface area contributed by atoms with Crippen LogP contribution in [-0.4, -0.2) is 33.1 Å². The van der Waals surface area contributed by atoms with Crippen molar-refractivity contribution in [3.8, 4) is 0 Å². The zero-order chi connectivity index (χ0) is 13.1. The predicted octanol–water partition coefficient (Wildman–Crippen LogP) is 1.20. The maximum Gasteiger partial charge on any atom is 0.220 e. The van der Waals surface area contributed by atoms with Crippen LogP contribution in [0.3, 0.4) is 0 Å². The Hall–Kier alpha value is -2.11. The molecule has 2 heterocycles. The molecular weight excluding hydrogens is 242 g/mol. The van der Waals surface area contributed by atoms with E-state index in [1.165, 1.54) is 0 Å². The predicted molar refractivity (Wildman–Crippen MR) is 71.9 cm³/mol. The van der Waals surface area contributed by atoms with E-state index >= 15 is 0 Å². The fourth-order valence-electron chi connectivity index (χ4n) is 1.90. The molecule has 0 aliphatic heterocycles. The van der Waals surface area contributed by atoms with Crippen LogP contribution in [0.25, 0.3) is 5.65 Å². The lowest BCUT2D eigenvalue weighted by Gasteiger charge is -2.06. The molecule has 2 N–H and O–H groups in total.